The molecule has 170 valence electrons. The molecular formula is C32H33N2+. The average molecular weight is 446 g/mol. The molecule has 34 heavy (non-hydrogen) atoms. The van der Waals surface area contributed by atoms with Gasteiger partial charge in [-0.15, -0.1) is 0 Å². The smallest absolute Gasteiger partial charge is 0.220 e. The lowest BCUT2D eigenvalue weighted by Crippen LogP contribution is -2.48. The molecule has 8 rings (SSSR count). The molecule has 0 N–H and O–H groups in total. The van der Waals surface area contributed by atoms with E-state index in [0.717, 1.165) is 23.3 Å². The van der Waals surface area contributed by atoms with Crippen molar-refractivity contribution in [1.29, 1.82) is 0 Å². The summed E-state index contributed by atoms with van der Waals surface area (Å²) >= 11 is 0. The Kier molecular flexibility index (Phi) is 4.50. The molecule has 2 nitrogen and oxygen atoms in total. The molecule has 4 bridgehead atoms. The van der Waals surface area contributed by atoms with Gasteiger partial charge < -0.3 is 0 Å². The number of fused-ring (bicyclic) bond motifs is 1. The summed E-state index contributed by atoms with van der Waals surface area (Å²) in [7, 11) is 2.18. The second-order valence-corrected chi connectivity index (χ2v) is 11.5. The quantitative estimate of drug-likeness (QED) is 0.305. The van der Waals surface area contributed by atoms with Gasteiger partial charge in [0.1, 0.15) is 7.05 Å². The summed E-state index contributed by atoms with van der Waals surface area (Å²) in [4.78, 5) is 4.34. The van der Waals surface area contributed by atoms with Crippen molar-refractivity contribution < 1.29 is 4.57 Å². The van der Waals surface area contributed by atoms with Crippen molar-refractivity contribution >= 4 is 10.8 Å². The van der Waals surface area contributed by atoms with Gasteiger partial charge in [0.25, 0.3) is 0 Å². The molecule has 4 aromatic rings. The molecule has 0 saturated heterocycles. The molecular weight excluding hydrogens is 412 g/mol. The van der Waals surface area contributed by atoms with E-state index in [0.29, 0.717) is 5.41 Å². The van der Waals surface area contributed by atoms with E-state index in [-0.39, 0.29) is 0 Å². The van der Waals surface area contributed by atoms with Gasteiger partial charge in [-0.3, -0.25) is 4.98 Å². The van der Waals surface area contributed by atoms with E-state index < -0.39 is 0 Å². The zero-order valence-corrected chi connectivity index (χ0v) is 20.3. The van der Waals surface area contributed by atoms with Crippen molar-refractivity contribution in [3.63, 3.8) is 0 Å². The van der Waals surface area contributed by atoms with Crippen molar-refractivity contribution in [1.82, 2.24) is 4.98 Å². The number of aryl methyl sites for hydroxylation is 2. The van der Waals surface area contributed by atoms with E-state index in [1.165, 1.54) is 71.7 Å². The van der Waals surface area contributed by atoms with Crippen LogP contribution < -0.4 is 4.57 Å². The van der Waals surface area contributed by atoms with Gasteiger partial charge in [0.05, 0.1) is 10.9 Å². The van der Waals surface area contributed by atoms with Gasteiger partial charge in [-0.1, -0.05) is 30.3 Å². The number of rotatable bonds is 3. The number of benzene rings is 2. The van der Waals surface area contributed by atoms with Gasteiger partial charge in [0.2, 0.25) is 5.69 Å². The Morgan fingerprint density at radius 3 is 2.32 bits per heavy atom. The van der Waals surface area contributed by atoms with Gasteiger partial charge in [-0.25, -0.2) is 4.57 Å². The minimum absolute atomic E-state index is 0.442. The van der Waals surface area contributed by atoms with E-state index in [1.807, 2.05) is 18.5 Å². The number of hydrogen-bond acceptors (Lipinski definition) is 1. The Labute approximate surface area is 202 Å². The van der Waals surface area contributed by atoms with Crippen LogP contribution in [-0.2, 0) is 12.5 Å². The minimum Gasteiger partial charge on any atom is -0.264 e. The fourth-order valence-corrected chi connectivity index (χ4v) is 8.09. The fourth-order valence-electron chi connectivity index (χ4n) is 8.09. The normalized spacial score (nSPS) is 27.4. The molecule has 2 heteroatoms. The van der Waals surface area contributed by atoms with Crippen LogP contribution in [0.15, 0.2) is 73.2 Å². The number of hydrogen-bond donors (Lipinski definition) is 0. The van der Waals surface area contributed by atoms with Crippen molar-refractivity contribution in [2.45, 2.75) is 50.9 Å². The first-order valence-corrected chi connectivity index (χ1v) is 13.0. The zero-order chi connectivity index (χ0) is 22.9. The SMILES string of the molecule is Cc1ccc(-c2cccnc2)cc1-c1c2ccc(C34CC5CC(CC(C5)C3)C4)cc2cc[n+]1C. The van der Waals surface area contributed by atoms with Crippen LogP contribution in [0.25, 0.3) is 33.2 Å². The summed E-state index contributed by atoms with van der Waals surface area (Å²) in [6.45, 7) is 2.23. The highest BCUT2D eigenvalue weighted by Crippen LogP contribution is 2.60. The third-order valence-electron chi connectivity index (χ3n) is 9.28. The highest BCUT2D eigenvalue weighted by atomic mass is 14.9. The van der Waals surface area contributed by atoms with Crippen molar-refractivity contribution in [2.24, 2.45) is 24.8 Å². The topological polar surface area (TPSA) is 16.8 Å². The molecule has 0 amide bonds. The maximum absolute atomic E-state index is 4.34. The van der Waals surface area contributed by atoms with Crippen molar-refractivity contribution in [3.05, 3.63) is 84.3 Å². The molecule has 0 atom stereocenters. The van der Waals surface area contributed by atoms with Crippen LogP contribution in [0.4, 0.5) is 0 Å². The average Bonchev–Trinajstić information content (AvgIpc) is 2.84. The van der Waals surface area contributed by atoms with Crippen LogP contribution >= 0.6 is 0 Å². The third kappa shape index (κ3) is 3.15. The van der Waals surface area contributed by atoms with Gasteiger partial charge in [0.15, 0.2) is 6.20 Å². The molecule has 4 aliphatic carbocycles. The van der Waals surface area contributed by atoms with Crippen molar-refractivity contribution in [2.75, 3.05) is 0 Å². The lowest BCUT2D eigenvalue weighted by molar-refractivity contribution is -0.659. The fraction of sp³-hybridized carbons (Fsp3) is 0.375. The molecule has 2 heterocycles. The van der Waals surface area contributed by atoms with E-state index >= 15 is 0 Å². The second kappa shape index (κ2) is 7.50. The molecule has 4 fully saturated rings. The van der Waals surface area contributed by atoms with E-state index in [9.17, 15) is 0 Å². The van der Waals surface area contributed by atoms with Gasteiger partial charge in [-0.05, 0) is 109 Å². The summed E-state index contributed by atoms with van der Waals surface area (Å²) in [5.41, 5.74) is 8.35. The van der Waals surface area contributed by atoms with Gasteiger partial charge in [0, 0.05) is 24.0 Å². The third-order valence-corrected chi connectivity index (χ3v) is 9.28. The predicted molar refractivity (Wildman–Crippen MR) is 138 cm³/mol. The Morgan fingerprint density at radius 2 is 1.62 bits per heavy atom. The standard InChI is InChI=1S/C32H33N2/c1-21-5-6-25(27-4-3-10-33-20-27)16-30(21)31-29-8-7-28(15-26(29)9-11-34(31)2)32-17-22-12-23(18-32)14-24(13-22)19-32/h3-11,15-16,20,22-24H,12-14,17-19H2,1-2H3/q+1. The second-order valence-electron chi connectivity index (χ2n) is 11.5. The van der Waals surface area contributed by atoms with Crippen LogP contribution in [0.5, 0.6) is 0 Å². The first-order valence-electron chi connectivity index (χ1n) is 13.0. The molecule has 0 radical (unpaired) electrons. The summed E-state index contributed by atoms with van der Waals surface area (Å²) in [6, 6.07) is 20.7. The molecule has 4 saturated carbocycles. The monoisotopic (exact) mass is 445 g/mol. The highest BCUT2D eigenvalue weighted by molar-refractivity contribution is 5.94. The Balaban J connectivity index is 1.36. The first kappa shape index (κ1) is 20.4. The number of nitrogens with zero attached hydrogens (tertiary/aromatic N) is 2. The maximum Gasteiger partial charge on any atom is 0.220 e. The van der Waals surface area contributed by atoms with E-state index in [2.05, 4.69) is 78.3 Å². The molecule has 4 aliphatic rings. The van der Waals surface area contributed by atoms with Gasteiger partial charge in [-0.2, -0.15) is 0 Å². The Morgan fingerprint density at radius 1 is 0.853 bits per heavy atom. The molecule has 0 aliphatic heterocycles. The summed E-state index contributed by atoms with van der Waals surface area (Å²) in [6.07, 6.45) is 14.8. The van der Waals surface area contributed by atoms with E-state index in [1.54, 1.807) is 5.56 Å². The van der Waals surface area contributed by atoms with Crippen LogP contribution in [0, 0.1) is 24.7 Å². The zero-order valence-electron chi connectivity index (χ0n) is 20.3. The summed E-state index contributed by atoms with van der Waals surface area (Å²) in [5.74, 6) is 2.93. The number of pyridine rings is 2. The number of aromatic nitrogens is 2. The first-order chi connectivity index (χ1) is 16.6. The lowest BCUT2D eigenvalue weighted by atomic mass is 9.48. The van der Waals surface area contributed by atoms with Crippen LogP contribution in [0.3, 0.4) is 0 Å². The Bertz CT molecular complexity index is 1370. The van der Waals surface area contributed by atoms with Crippen LogP contribution in [0.1, 0.15) is 49.7 Å². The summed E-state index contributed by atoms with van der Waals surface area (Å²) < 4.78 is 2.29. The predicted octanol–water partition coefficient (Wildman–Crippen LogP) is 7.17. The maximum atomic E-state index is 4.34. The summed E-state index contributed by atoms with van der Waals surface area (Å²) in [5, 5.41) is 2.73. The molecule has 2 aromatic carbocycles. The van der Waals surface area contributed by atoms with E-state index in [4.69, 9.17) is 0 Å². The van der Waals surface area contributed by atoms with Crippen molar-refractivity contribution in [3.8, 4) is 22.4 Å². The lowest BCUT2D eigenvalue weighted by Gasteiger charge is -2.57. The highest BCUT2D eigenvalue weighted by Gasteiger charge is 2.51. The largest absolute Gasteiger partial charge is 0.264 e. The van der Waals surface area contributed by atoms with Gasteiger partial charge >= 0.3 is 0 Å². The molecule has 0 spiro atoms. The Hall–Kier alpha value is -3.00. The van der Waals surface area contributed by atoms with Crippen LogP contribution in [-0.4, -0.2) is 4.98 Å². The molecule has 0 unspecified atom stereocenters. The van der Waals surface area contributed by atoms with Crippen LogP contribution in [0.2, 0.25) is 0 Å². The molecule has 2 aromatic heterocycles. The minimum atomic E-state index is 0.442.